The summed E-state index contributed by atoms with van der Waals surface area (Å²) in [7, 11) is 0. The monoisotopic (exact) mass is 240 g/mol. The lowest BCUT2D eigenvalue weighted by Gasteiger charge is -2.39. The van der Waals surface area contributed by atoms with Crippen LogP contribution in [0.25, 0.3) is 0 Å². The Kier molecular flexibility index (Phi) is 2.71. The highest BCUT2D eigenvalue weighted by molar-refractivity contribution is 5.46. The molecule has 2 atom stereocenters. The molecule has 0 aromatic heterocycles. The Balaban J connectivity index is 1.79. The molecule has 1 aromatic rings. The van der Waals surface area contributed by atoms with Crippen molar-refractivity contribution in [1.82, 2.24) is 0 Å². The smallest absolute Gasteiger partial charge is 0.0131 e. The van der Waals surface area contributed by atoms with Gasteiger partial charge >= 0.3 is 0 Å². The van der Waals surface area contributed by atoms with Crippen molar-refractivity contribution in [3.8, 4) is 0 Å². The normalized spacial score (nSPS) is 30.2. The Labute approximate surface area is 111 Å². The summed E-state index contributed by atoms with van der Waals surface area (Å²) in [6.45, 7) is 0. The molecule has 0 amide bonds. The molecule has 0 heterocycles. The second kappa shape index (κ2) is 4.40. The number of benzene rings is 1. The van der Waals surface area contributed by atoms with E-state index in [1.807, 2.05) is 0 Å². The molecule has 4 rings (SSSR count). The zero-order chi connectivity index (χ0) is 11.9. The van der Waals surface area contributed by atoms with Gasteiger partial charge < -0.3 is 0 Å². The van der Waals surface area contributed by atoms with Crippen LogP contribution in [0.2, 0.25) is 0 Å². The zero-order valence-corrected chi connectivity index (χ0v) is 11.4. The van der Waals surface area contributed by atoms with E-state index in [0.717, 1.165) is 11.8 Å². The number of hydrogen-bond acceptors (Lipinski definition) is 0. The SMILES string of the molecule is c1cc2c(c3c1CCCC3)CCC1CCCCC21. The first-order chi connectivity index (χ1) is 8.93. The lowest BCUT2D eigenvalue weighted by Crippen LogP contribution is -2.25. The highest BCUT2D eigenvalue weighted by atomic mass is 14.4. The first-order valence-electron chi connectivity index (χ1n) is 8.07. The molecule has 3 aliphatic carbocycles. The van der Waals surface area contributed by atoms with E-state index in [1.165, 1.54) is 64.2 Å². The van der Waals surface area contributed by atoms with Crippen molar-refractivity contribution in [3.05, 3.63) is 34.4 Å². The highest BCUT2D eigenvalue weighted by Gasteiger charge is 2.33. The van der Waals surface area contributed by atoms with Crippen LogP contribution < -0.4 is 0 Å². The van der Waals surface area contributed by atoms with Crippen molar-refractivity contribution >= 4 is 0 Å². The van der Waals surface area contributed by atoms with Gasteiger partial charge in [-0.1, -0.05) is 25.0 Å². The number of rotatable bonds is 0. The molecule has 96 valence electrons. The summed E-state index contributed by atoms with van der Waals surface area (Å²) in [5.41, 5.74) is 7.04. The quantitative estimate of drug-likeness (QED) is 0.612. The van der Waals surface area contributed by atoms with Crippen molar-refractivity contribution < 1.29 is 0 Å². The Morgan fingerprint density at radius 2 is 1.61 bits per heavy atom. The van der Waals surface area contributed by atoms with E-state index in [4.69, 9.17) is 0 Å². The molecule has 0 radical (unpaired) electrons. The maximum Gasteiger partial charge on any atom is -0.0131 e. The van der Waals surface area contributed by atoms with Crippen molar-refractivity contribution in [3.63, 3.8) is 0 Å². The lowest BCUT2D eigenvalue weighted by atomic mass is 9.66. The van der Waals surface area contributed by atoms with Gasteiger partial charge in [0.05, 0.1) is 0 Å². The minimum atomic E-state index is 0.926. The molecule has 1 fully saturated rings. The molecule has 1 saturated carbocycles. The molecule has 0 spiro atoms. The Hall–Kier alpha value is -0.780. The fourth-order valence-electron chi connectivity index (χ4n) is 4.86. The van der Waals surface area contributed by atoms with Crippen LogP contribution in [0.3, 0.4) is 0 Å². The fourth-order valence-corrected chi connectivity index (χ4v) is 4.86. The van der Waals surface area contributed by atoms with E-state index < -0.39 is 0 Å². The predicted octanol–water partition coefficient (Wildman–Crippen LogP) is 4.79. The summed E-state index contributed by atoms with van der Waals surface area (Å²) in [6, 6.07) is 4.99. The van der Waals surface area contributed by atoms with Gasteiger partial charge in [0.15, 0.2) is 0 Å². The van der Waals surface area contributed by atoms with E-state index >= 15 is 0 Å². The summed E-state index contributed by atoms with van der Waals surface area (Å²) < 4.78 is 0. The van der Waals surface area contributed by atoms with Crippen molar-refractivity contribution in [1.29, 1.82) is 0 Å². The van der Waals surface area contributed by atoms with Crippen LogP contribution in [0, 0.1) is 5.92 Å². The molecule has 0 saturated heterocycles. The van der Waals surface area contributed by atoms with Crippen LogP contribution in [0.15, 0.2) is 12.1 Å². The van der Waals surface area contributed by atoms with Gasteiger partial charge in [0.25, 0.3) is 0 Å². The Bertz CT molecular complexity index is 457. The second-order valence-electron chi connectivity index (χ2n) is 6.67. The maximum absolute atomic E-state index is 2.52. The third kappa shape index (κ3) is 1.65. The molecule has 0 N–H and O–H groups in total. The molecular formula is C18H24. The standard InChI is InChI=1S/C18H24/c1-3-7-15-13(5-1)9-11-18-16-8-4-2-6-14(16)10-12-17(15)18/h9,11,14,16H,1-8,10,12H2. The van der Waals surface area contributed by atoms with Gasteiger partial charge in [-0.2, -0.15) is 0 Å². The molecule has 18 heavy (non-hydrogen) atoms. The van der Waals surface area contributed by atoms with Crippen LogP contribution >= 0.6 is 0 Å². The van der Waals surface area contributed by atoms with Gasteiger partial charge in [-0.25, -0.2) is 0 Å². The third-order valence-corrected chi connectivity index (χ3v) is 5.76. The Morgan fingerprint density at radius 1 is 0.722 bits per heavy atom. The van der Waals surface area contributed by atoms with Gasteiger partial charge in [-0.05, 0) is 85.5 Å². The van der Waals surface area contributed by atoms with E-state index in [-0.39, 0.29) is 0 Å². The topological polar surface area (TPSA) is 0 Å². The Morgan fingerprint density at radius 3 is 2.61 bits per heavy atom. The van der Waals surface area contributed by atoms with E-state index in [1.54, 1.807) is 22.3 Å². The number of aryl methyl sites for hydroxylation is 1. The summed E-state index contributed by atoms with van der Waals surface area (Å²) in [4.78, 5) is 0. The maximum atomic E-state index is 2.52. The minimum Gasteiger partial charge on any atom is -0.0585 e. The summed E-state index contributed by atoms with van der Waals surface area (Å²) in [6.07, 6.45) is 14.4. The molecule has 2 unspecified atom stereocenters. The van der Waals surface area contributed by atoms with Gasteiger partial charge in [0.2, 0.25) is 0 Å². The van der Waals surface area contributed by atoms with Crippen molar-refractivity contribution in [2.45, 2.75) is 70.1 Å². The van der Waals surface area contributed by atoms with E-state index in [2.05, 4.69) is 12.1 Å². The van der Waals surface area contributed by atoms with E-state index in [0.29, 0.717) is 0 Å². The molecule has 1 aromatic carbocycles. The average Bonchev–Trinajstić information content (AvgIpc) is 2.46. The largest absolute Gasteiger partial charge is 0.0585 e. The van der Waals surface area contributed by atoms with Crippen molar-refractivity contribution in [2.75, 3.05) is 0 Å². The molecule has 0 nitrogen and oxygen atoms in total. The average molecular weight is 240 g/mol. The second-order valence-corrected chi connectivity index (χ2v) is 6.67. The number of hydrogen-bond donors (Lipinski definition) is 0. The molecule has 3 aliphatic rings. The lowest BCUT2D eigenvalue weighted by molar-refractivity contribution is 0.275. The molecular weight excluding hydrogens is 216 g/mol. The van der Waals surface area contributed by atoms with Crippen molar-refractivity contribution in [2.24, 2.45) is 5.92 Å². The van der Waals surface area contributed by atoms with Gasteiger partial charge in [0.1, 0.15) is 0 Å². The summed E-state index contributed by atoms with van der Waals surface area (Å²) >= 11 is 0. The van der Waals surface area contributed by atoms with Crippen LogP contribution in [0.1, 0.15) is 73.1 Å². The highest BCUT2D eigenvalue weighted by Crippen LogP contribution is 2.46. The summed E-state index contributed by atoms with van der Waals surface area (Å²) in [5, 5.41) is 0. The van der Waals surface area contributed by atoms with Crippen LogP contribution in [0.4, 0.5) is 0 Å². The predicted molar refractivity (Wildman–Crippen MR) is 76.1 cm³/mol. The molecule has 0 bridgehead atoms. The van der Waals surface area contributed by atoms with Crippen LogP contribution in [0.5, 0.6) is 0 Å². The molecule has 0 aliphatic heterocycles. The van der Waals surface area contributed by atoms with Crippen LogP contribution in [-0.4, -0.2) is 0 Å². The van der Waals surface area contributed by atoms with Crippen LogP contribution in [-0.2, 0) is 19.3 Å². The first-order valence-corrected chi connectivity index (χ1v) is 8.07. The first kappa shape index (κ1) is 11.1. The number of fused-ring (bicyclic) bond motifs is 5. The minimum absolute atomic E-state index is 0.926. The fraction of sp³-hybridized carbons (Fsp3) is 0.667. The van der Waals surface area contributed by atoms with Gasteiger partial charge in [-0.15, -0.1) is 0 Å². The van der Waals surface area contributed by atoms with E-state index in [9.17, 15) is 0 Å². The zero-order valence-electron chi connectivity index (χ0n) is 11.4. The van der Waals surface area contributed by atoms with Gasteiger partial charge in [0, 0.05) is 0 Å². The molecule has 0 heteroatoms. The van der Waals surface area contributed by atoms with Gasteiger partial charge in [-0.3, -0.25) is 0 Å². The summed E-state index contributed by atoms with van der Waals surface area (Å²) in [5.74, 6) is 1.95. The third-order valence-electron chi connectivity index (χ3n) is 5.76.